The van der Waals surface area contributed by atoms with Gasteiger partial charge in [-0.05, 0) is 50.7 Å². The summed E-state index contributed by atoms with van der Waals surface area (Å²) in [6.07, 6.45) is 5.19. The van der Waals surface area contributed by atoms with Crippen molar-refractivity contribution in [3.63, 3.8) is 0 Å². The molecule has 0 atom stereocenters. The lowest BCUT2D eigenvalue weighted by Gasteiger charge is -2.35. The van der Waals surface area contributed by atoms with Crippen LogP contribution in [0.5, 0.6) is 0 Å². The Balaban J connectivity index is 1.65. The molecule has 1 saturated carbocycles. The van der Waals surface area contributed by atoms with E-state index in [1.54, 1.807) is 0 Å². The standard InChI is InChI=1S/C16H24N4O/c1-3-13-7-9-16(21,10-8-13)11-17-15-18-14-6-4-5-12(2)20(14)19-15/h4-6,13,21H,3,7-11H2,1-2H3,(H,17,19). The van der Waals surface area contributed by atoms with Gasteiger partial charge in [0.05, 0.1) is 5.60 Å². The van der Waals surface area contributed by atoms with Crippen molar-refractivity contribution in [2.45, 2.75) is 51.6 Å². The van der Waals surface area contributed by atoms with Crippen molar-refractivity contribution >= 4 is 11.6 Å². The monoisotopic (exact) mass is 288 g/mol. The minimum Gasteiger partial charge on any atom is -0.388 e. The average molecular weight is 288 g/mol. The summed E-state index contributed by atoms with van der Waals surface area (Å²) in [7, 11) is 0. The number of nitrogens with zero attached hydrogens (tertiary/aromatic N) is 3. The molecule has 2 N–H and O–H groups in total. The van der Waals surface area contributed by atoms with E-state index in [0.29, 0.717) is 12.5 Å². The van der Waals surface area contributed by atoms with E-state index in [1.807, 2.05) is 29.6 Å². The summed E-state index contributed by atoms with van der Waals surface area (Å²) < 4.78 is 1.82. The first kappa shape index (κ1) is 14.3. The van der Waals surface area contributed by atoms with E-state index in [1.165, 1.54) is 6.42 Å². The third kappa shape index (κ3) is 3.02. The SMILES string of the molecule is CCC1CCC(O)(CNc2nc3cccc(C)n3n2)CC1. The maximum atomic E-state index is 10.7. The molecule has 3 rings (SSSR count). The molecule has 114 valence electrons. The van der Waals surface area contributed by atoms with Gasteiger partial charge in [0.2, 0.25) is 5.95 Å². The molecule has 0 amide bonds. The summed E-state index contributed by atoms with van der Waals surface area (Å²) in [4.78, 5) is 4.45. The van der Waals surface area contributed by atoms with Crippen LogP contribution >= 0.6 is 0 Å². The van der Waals surface area contributed by atoms with Crippen molar-refractivity contribution in [3.05, 3.63) is 23.9 Å². The zero-order valence-corrected chi connectivity index (χ0v) is 12.8. The van der Waals surface area contributed by atoms with Crippen LogP contribution in [0.1, 0.15) is 44.7 Å². The maximum absolute atomic E-state index is 10.7. The Morgan fingerprint density at radius 2 is 2.14 bits per heavy atom. The molecule has 2 heterocycles. The summed E-state index contributed by atoms with van der Waals surface area (Å²) in [5.41, 5.74) is 1.27. The molecule has 0 aliphatic heterocycles. The van der Waals surface area contributed by atoms with Crippen molar-refractivity contribution in [1.29, 1.82) is 0 Å². The van der Waals surface area contributed by atoms with Gasteiger partial charge in [-0.15, -0.1) is 5.10 Å². The van der Waals surface area contributed by atoms with Crippen LogP contribution in [0, 0.1) is 12.8 Å². The molecular weight excluding hydrogens is 264 g/mol. The predicted octanol–water partition coefficient (Wildman–Crippen LogP) is 2.78. The summed E-state index contributed by atoms with van der Waals surface area (Å²) >= 11 is 0. The first-order chi connectivity index (χ1) is 10.1. The third-order valence-corrected chi connectivity index (χ3v) is 4.74. The van der Waals surface area contributed by atoms with Gasteiger partial charge in [-0.1, -0.05) is 19.4 Å². The molecule has 1 aliphatic rings. The third-order valence-electron chi connectivity index (χ3n) is 4.74. The first-order valence-electron chi connectivity index (χ1n) is 7.88. The van der Waals surface area contributed by atoms with Crippen LogP contribution in [0.15, 0.2) is 18.2 Å². The number of fused-ring (bicyclic) bond motifs is 1. The molecule has 5 nitrogen and oxygen atoms in total. The molecule has 0 unspecified atom stereocenters. The second kappa shape index (κ2) is 5.64. The fourth-order valence-corrected chi connectivity index (χ4v) is 3.15. The number of aromatic nitrogens is 3. The zero-order valence-electron chi connectivity index (χ0n) is 12.8. The van der Waals surface area contributed by atoms with Crippen molar-refractivity contribution in [2.24, 2.45) is 5.92 Å². The molecule has 0 saturated heterocycles. The van der Waals surface area contributed by atoms with Gasteiger partial charge in [-0.2, -0.15) is 4.98 Å². The Morgan fingerprint density at radius 3 is 2.81 bits per heavy atom. The Kier molecular flexibility index (Phi) is 3.85. The quantitative estimate of drug-likeness (QED) is 0.908. The number of hydrogen-bond donors (Lipinski definition) is 2. The van der Waals surface area contributed by atoms with E-state index in [4.69, 9.17) is 0 Å². The molecule has 0 aromatic carbocycles. The minimum absolute atomic E-state index is 0.527. The van der Waals surface area contributed by atoms with E-state index in [0.717, 1.165) is 42.9 Å². The number of pyridine rings is 1. The van der Waals surface area contributed by atoms with Crippen LogP contribution < -0.4 is 5.32 Å². The number of rotatable bonds is 4. The molecule has 2 aromatic rings. The van der Waals surface area contributed by atoms with Gasteiger partial charge in [0.1, 0.15) is 0 Å². The highest BCUT2D eigenvalue weighted by Gasteiger charge is 2.32. The Morgan fingerprint density at radius 1 is 1.38 bits per heavy atom. The lowest BCUT2D eigenvalue weighted by molar-refractivity contribution is 0.00216. The van der Waals surface area contributed by atoms with Gasteiger partial charge in [0.25, 0.3) is 0 Å². The van der Waals surface area contributed by atoms with Crippen LogP contribution in [-0.4, -0.2) is 31.9 Å². The Hall–Kier alpha value is -1.62. The van der Waals surface area contributed by atoms with Gasteiger partial charge in [0, 0.05) is 12.2 Å². The van der Waals surface area contributed by atoms with Crippen LogP contribution in [-0.2, 0) is 0 Å². The number of aliphatic hydroxyl groups is 1. The van der Waals surface area contributed by atoms with Gasteiger partial charge in [-0.3, -0.25) is 0 Å². The smallest absolute Gasteiger partial charge is 0.243 e. The topological polar surface area (TPSA) is 62.5 Å². The van der Waals surface area contributed by atoms with Crippen molar-refractivity contribution in [3.8, 4) is 0 Å². The van der Waals surface area contributed by atoms with Crippen LogP contribution in [0.3, 0.4) is 0 Å². The summed E-state index contributed by atoms with van der Waals surface area (Å²) in [6.45, 7) is 4.76. The van der Waals surface area contributed by atoms with E-state index in [2.05, 4.69) is 22.3 Å². The van der Waals surface area contributed by atoms with E-state index in [-0.39, 0.29) is 0 Å². The second-order valence-corrected chi connectivity index (χ2v) is 6.30. The number of anilines is 1. The molecule has 1 aliphatic carbocycles. The lowest BCUT2D eigenvalue weighted by Crippen LogP contribution is -2.40. The molecule has 21 heavy (non-hydrogen) atoms. The second-order valence-electron chi connectivity index (χ2n) is 6.30. The fourth-order valence-electron chi connectivity index (χ4n) is 3.15. The molecule has 0 radical (unpaired) electrons. The largest absolute Gasteiger partial charge is 0.388 e. The number of nitrogens with one attached hydrogen (secondary N) is 1. The number of hydrogen-bond acceptors (Lipinski definition) is 4. The Labute approximate surface area is 125 Å². The number of aryl methyl sites for hydroxylation is 1. The first-order valence-corrected chi connectivity index (χ1v) is 7.88. The van der Waals surface area contributed by atoms with Gasteiger partial charge >= 0.3 is 0 Å². The van der Waals surface area contributed by atoms with Gasteiger partial charge in [0.15, 0.2) is 5.65 Å². The van der Waals surface area contributed by atoms with Gasteiger partial charge in [-0.25, -0.2) is 4.52 Å². The normalized spacial score (nSPS) is 26.1. The minimum atomic E-state index is -0.613. The molecule has 0 spiro atoms. The highest BCUT2D eigenvalue weighted by molar-refractivity contribution is 5.44. The van der Waals surface area contributed by atoms with Gasteiger partial charge < -0.3 is 10.4 Å². The summed E-state index contributed by atoms with van der Waals surface area (Å²) in [5.74, 6) is 1.37. The van der Waals surface area contributed by atoms with E-state index >= 15 is 0 Å². The highest BCUT2D eigenvalue weighted by atomic mass is 16.3. The predicted molar refractivity (Wildman–Crippen MR) is 83.4 cm³/mol. The molecule has 0 bridgehead atoms. The van der Waals surface area contributed by atoms with Crippen molar-refractivity contribution in [1.82, 2.24) is 14.6 Å². The molecule has 2 aromatic heterocycles. The fraction of sp³-hybridized carbons (Fsp3) is 0.625. The van der Waals surface area contributed by atoms with E-state index < -0.39 is 5.60 Å². The summed E-state index contributed by atoms with van der Waals surface area (Å²) in [5, 5.41) is 18.3. The van der Waals surface area contributed by atoms with E-state index in [9.17, 15) is 5.11 Å². The van der Waals surface area contributed by atoms with Crippen molar-refractivity contribution in [2.75, 3.05) is 11.9 Å². The van der Waals surface area contributed by atoms with Crippen LogP contribution in [0.2, 0.25) is 0 Å². The molecular formula is C16H24N4O. The zero-order chi connectivity index (χ0) is 14.9. The van der Waals surface area contributed by atoms with Crippen molar-refractivity contribution < 1.29 is 5.11 Å². The molecule has 5 heteroatoms. The maximum Gasteiger partial charge on any atom is 0.243 e. The average Bonchev–Trinajstić information content (AvgIpc) is 2.91. The highest BCUT2D eigenvalue weighted by Crippen LogP contribution is 2.33. The Bertz CT molecular complexity index is 614. The van der Waals surface area contributed by atoms with Crippen LogP contribution in [0.25, 0.3) is 5.65 Å². The summed E-state index contributed by atoms with van der Waals surface area (Å²) in [6, 6.07) is 5.92. The lowest BCUT2D eigenvalue weighted by atomic mass is 9.78. The molecule has 1 fully saturated rings. The van der Waals surface area contributed by atoms with Crippen LogP contribution in [0.4, 0.5) is 5.95 Å².